The first-order chi connectivity index (χ1) is 14.3. The van der Waals surface area contributed by atoms with Crippen LogP contribution in [0.3, 0.4) is 0 Å². The molecule has 9 heteroatoms. The molecule has 1 aliphatic carbocycles. The standard InChI is InChI=1S/C21H25Cl2N5O2/c1-11(12-2-5-16(22)17(23)8-12)19-15-6-7-28(20(24)30)10-18(15)26-21(27-19)25-13-3-4-14(29)9-13/h2,5,8,11,13-14,29H,3-4,6-7,9-10H2,1H3,(H2,24,30)(H,25,26,27)/t11-,13+,14+/m1/s1. The summed E-state index contributed by atoms with van der Waals surface area (Å²) < 4.78 is 0. The van der Waals surface area contributed by atoms with Gasteiger partial charge in [-0.15, -0.1) is 0 Å². The molecule has 3 atom stereocenters. The first-order valence-corrected chi connectivity index (χ1v) is 10.9. The molecule has 1 aliphatic heterocycles. The van der Waals surface area contributed by atoms with Gasteiger partial charge < -0.3 is 21.1 Å². The van der Waals surface area contributed by atoms with Gasteiger partial charge in [0.25, 0.3) is 0 Å². The largest absolute Gasteiger partial charge is 0.393 e. The summed E-state index contributed by atoms with van der Waals surface area (Å²) >= 11 is 12.3. The van der Waals surface area contributed by atoms with E-state index in [4.69, 9.17) is 38.9 Å². The smallest absolute Gasteiger partial charge is 0.315 e. The molecule has 0 unspecified atom stereocenters. The Morgan fingerprint density at radius 1 is 1.30 bits per heavy atom. The number of halogens is 2. The summed E-state index contributed by atoms with van der Waals surface area (Å²) in [5, 5.41) is 14.2. The van der Waals surface area contributed by atoms with Crippen LogP contribution in [0.1, 0.15) is 54.6 Å². The fraction of sp³-hybridized carbons (Fsp3) is 0.476. The van der Waals surface area contributed by atoms with Crippen LogP contribution in [0.5, 0.6) is 0 Å². The van der Waals surface area contributed by atoms with Crippen LogP contribution in [-0.4, -0.2) is 44.7 Å². The van der Waals surface area contributed by atoms with Gasteiger partial charge in [0.05, 0.1) is 34.1 Å². The van der Waals surface area contributed by atoms with E-state index in [1.165, 1.54) is 0 Å². The highest BCUT2D eigenvalue weighted by molar-refractivity contribution is 6.42. The Morgan fingerprint density at radius 3 is 2.77 bits per heavy atom. The van der Waals surface area contributed by atoms with E-state index in [2.05, 4.69) is 12.2 Å². The van der Waals surface area contributed by atoms with E-state index < -0.39 is 6.03 Å². The van der Waals surface area contributed by atoms with Crippen molar-refractivity contribution in [3.63, 3.8) is 0 Å². The zero-order valence-electron chi connectivity index (χ0n) is 16.7. The first kappa shape index (κ1) is 21.2. The molecule has 1 saturated carbocycles. The van der Waals surface area contributed by atoms with E-state index in [0.717, 1.165) is 35.4 Å². The molecule has 7 nitrogen and oxygen atoms in total. The molecule has 1 aromatic heterocycles. The number of amides is 2. The number of fused-ring (bicyclic) bond motifs is 1. The summed E-state index contributed by atoms with van der Waals surface area (Å²) in [6.45, 7) is 2.97. The second kappa shape index (κ2) is 8.57. The van der Waals surface area contributed by atoms with Gasteiger partial charge in [0, 0.05) is 18.5 Å². The molecule has 4 rings (SSSR count). The Balaban J connectivity index is 1.71. The van der Waals surface area contributed by atoms with Crippen LogP contribution < -0.4 is 11.1 Å². The number of aliphatic hydroxyl groups is 1. The topological polar surface area (TPSA) is 104 Å². The number of carbonyl (C=O) groups is 1. The van der Waals surface area contributed by atoms with Crippen LogP contribution >= 0.6 is 23.2 Å². The number of urea groups is 1. The van der Waals surface area contributed by atoms with Crippen molar-refractivity contribution in [3.05, 3.63) is 50.8 Å². The Hall–Kier alpha value is -2.09. The van der Waals surface area contributed by atoms with Crippen molar-refractivity contribution >= 4 is 35.2 Å². The van der Waals surface area contributed by atoms with Crippen molar-refractivity contribution < 1.29 is 9.90 Å². The van der Waals surface area contributed by atoms with Gasteiger partial charge in [-0.05, 0) is 48.9 Å². The highest BCUT2D eigenvalue weighted by atomic mass is 35.5. The number of rotatable bonds is 4. The fourth-order valence-corrected chi connectivity index (χ4v) is 4.59. The van der Waals surface area contributed by atoms with Crippen LogP contribution in [0.4, 0.5) is 10.7 Å². The molecule has 0 saturated heterocycles. The number of aromatic nitrogens is 2. The highest BCUT2D eigenvalue weighted by Gasteiger charge is 2.29. The number of aliphatic hydroxyl groups excluding tert-OH is 1. The maximum atomic E-state index is 11.7. The summed E-state index contributed by atoms with van der Waals surface area (Å²) in [6, 6.07) is 5.28. The van der Waals surface area contributed by atoms with E-state index in [0.29, 0.717) is 41.9 Å². The zero-order valence-corrected chi connectivity index (χ0v) is 18.2. The van der Waals surface area contributed by atoms with Gasteiger partial charge >= 0.3 is 6.03 Å². The first-order valence-electron chi connectivity index (χ1n) is 10.2. The molecule has 2 amide bonds. The molecule has 4 N–H and O–H groups in total. The quantitative estimate of drug-likeness (QED) is 0.659. The molecule has 1 aromatic carbocycles. The van der Waals surface area contributed by atoms with Crippen LogP contribution in [0.2, 0.25) is 10.0 Å². The summed E-state index contributed by atoms with van der Waals surface area (Å²) in [6.07, 6.45) is 2.66. The minimum atomic E-state index is -0.452. The monoisotopic (exact) mass is 449 g/mol. The van der Waals surface area contributed by atoms with E-state index in [-0.39, 0.29) is 18.1 Å². The number of benzene rings is 1. The van der Waals surface area contributed by atoms with Gasteiger partial charge in [0.15, 0.2) is 0 Å². The van der Waals surface area contributed by atoms with Crippen LogP contribution in [0.25, 0.3) is 0 Å². The Labute approximate surface area is 185 Å². The second-order valence-corrected chi connectivity index (χ2v) is 8.89. The average molecular weight is 450 g/mol. The van der Waals surface area contributed by atoms with Crippen molar-refractivity contribution in [2.75, 3.05) is 11.9 Å². The molecule has 0 bridgehead atoms. The lowest BCUT2D eigenvalue weighted by Crippen LogP contribution is -2.40. The fourth-order valence-electron chi connectivity index (χ4n) is 4.28. The van der Waals surface area contributed by atoms with Gasteiger partial charge in [0.2, 0.25) is 5.95 Å². The summed E-state index contributed by atoms with van der Waals surface area (Å²) in [7, 11) is 0. The third-order valence-corrected chi connectivity index (χ3v) is 6.74. The Kier molecular flexibility index (Phi) is 6.04. The lowest BCUT2D eigenvalue weighted by atomic mass is 9.91. The van der Waals surface area contributed by atoms with E-state index >= 15 is 0 Å². The van der Waals surface area contributed by atoms with Crippen molar-refractivity contribution in [1.29, 1.82) is 0 Å². The maximum Gasteiger partial charge on any atom is 0.315 e. The molecule has 2 aliphatic rings. The van der Waals surface area contributed by atoms with E-state index in [1.54, 1.807) is 11.0 Å². The SMILES string of the molecule is C[C@H](c1ccc(Cl)c(Cl)c1)c1nc(N[C@H]2CC[C@H](O)C2)nc2c1CCN(C(N)=O)C2. The Morgan fingerprint density at radius 2 is 2.10 bits per heavy atom. The van der Waals surface area contributed by atoms with Crippen molar-refractivity contribution in [1.82, 2.24) is 14.9 Å². The van der Waals surface area contributed by atoms with Crippen molar-refractivity contribution in [2.45, 2.75) is 57.2 Å². The van der Waals surface area contributed by atoms with Gasteiger partial charge in [0.1, 0.15) is 0 Å². The zero-order chi connectivity index (χ0) is 21.4. The summed E-state index contributed by atoms with van der Waals surface area (Å²) in [5.74, 6) is 0.479. The third-order valence-electron chi connectivity index (χ3n) is 6.00. The molecule has 2 aromatic rings. The maximum absolute atomic E-state index is 11.7. The number of nitrogens with two attached hydrogens (primary N) is 1. The molecular formula is C21H25Cl2N5O2. The normalized spacial score (nSPS) is 21.9. The molecular weight excluding hydrogens is 425 g/mol. The lowest BCUT2D eigenvalue weighted by Gasteiger charge is -2.30. The minimum absolute atomic E-state index is 0.0358. The lowest BCUT2D eigenvalue weighted by molar-refractivity contribution is 0.182. The molecule has 30 heavy (non-hydrogen) atoms. The predicted octanol–water partition coefficient (Wildman–Crippen LogP) is 3.70. The van der Waals surface area contributed by atoms with Gasteiger partial charge in [-0.3, -0.25) is 0 Å². The van der Waals surface area contributed by atoms with Crippen molar-refractivity contribution in [3.8, 4) is 0 Å². The number of nitrogens with one attached hydrogen (secondary N) is 1. The van der Waals surface area contributed by atoms with Gasteiger partial charge in [-0.2, -0.15) is 0 Å². The molecule has 0 radical (unpaired) electrons. The third kappa shape index (κ3) is 4.33. The van der Waals surface area contributed by atoms with Crippen LogP contribution in [0, 0.1) is 0 Å². The molecule has 2 heterocycles. The Bertz CT molecular complexity index is 971. The van der Waals surface area contributed by atoms with Crippen LogP contribution in [0.15, 0.2) is 18.2 Å². The summed E-state index contributed by atoms with van der Waals surface area (Å²) in [4.78, 5) is 22.9. The summed E-state index contributed by atoms with van der Waals surface area (Å²) in [5.41, 5.74) is 9.26. The van der Waals surface area contributed by atoms with Gasteiger partial charge in [-0.25, -0.2) is 14.8 Å². The molecule has 1 fully saturated rings. The minimum Gasteiger partial charge on any atom is -0.393 e. The number of nitrogens with zero attached hydrogens (tertiary/aromatic N) is 3. The number of carbonyl (C=O) groups excluding carboxylic acids is 1. The van der Waals surface area contributed by atoms with Gasteiger partial charge in [-0.1, -0.05) is 36.2 Å². The predicted molar refractivity (Wildman–Crippen MR) is 117 cm³/mol. The second-order valence-electron chi connectivity index (χ2n) is 8.07. The molecule has 0 spiro atoms. The number of hydrogen-bond donors (Lipinski definition) is 3. The van der Waals surface area contributed by atoms with E-state index in [1.807, 2.05) is 12.1 Å². The highest BCUT2D eigenvalue weighted by Crippen LogP contribution is 2.34. The average Bonchev–Trinajstić information content (AvgIpc) is 3.13. The number of hydrogen-bond acceptors (Lipinski definition) is 5. The number of primary amides is 1. The van der Waals surface area contributed by atoms with Crippen molar-refractivity contribution in [2.24, 2.45) is 5.73 Å². The number of anilines is 1. The van der Waals surface area contributed by atoms with E-state index in [9.17, 15) is 9.90 Å². The molecule has 160 valence electrons. The van der Waals surface area contributed by atoms with Crippen LogP contribution in [-0.2, 0) is 13.0 Å².